The number of alkyl halides is 2. The van der Waals surface area contributed by atoms with E-state index >= 15 is 0 Å². The highest BCUT2D eigenvalue weighted by atomic mass is 19.3. The van der Waals surface area contributed by atoms with Gasteiger partial charge in [0.15, 0.2) is 6.29 Å². The van der Waals surface area contributed by atoms with E-state index < -0.39 is 17.9 Å². The van der Waals surface area contributed by atoms with Crippen molar-refractivity contribution in [2.24, 2.45) is 0 Å². The van der Waals surface area contributed by atoms with Crippen molar-refractivity contribution < 1.29 is 18.0 Å². The van der Waals surface area contributed by atoms with Crippen molar-refractivity contribution in [3.63, 3.8) is 0 Å². The molecule has 0 saturated heterocycles. The summed E-state index contributed by atoms with van der Waals surface area (Å²) in [5, 5.41) is 0. The molecule has 0 fully saturated rings. The SMILES string of the molecule is O=Cc1cnc(C(F)F)cc1F. The van der Waals surface area contributed by atoms with Gasteiger partial charge in [0.2, 0.25) is 0 Å². The first-order valence-corrected chi connectivity index (χ1v) is 3.04. The zero-order chi connectivity index (χ0) is 9.14. The minimum absolute atomic E-state index is 0.220. The largest absolute Gasteiger partial charge is 0.298 e. The Morgan fingerprint density at radius 2 is 2.17 bits per heavy atom. The quantitative estimate of drug-likeness (QED) is 0.643. The van der Waals surface area contributed by atoms with E-state index in [0.29, 0.717) is 6.07 Å². The molecule has 0 N–H and O–H groups in total. The normalized spacial score (nSPS) is 10.3. The molecule has 0 aliphatic carbocycles. The summed E-state index contributed by atoms with van der Waals surface area (Å²) in [5.74, 6) is -0.977. The fourth-order valence-corrected chi connectivity index (χ4v) is 0.662. The Morgan fingerprint density at radius 1 is 1.50 bits per heavy atom. The molecule has 1 rings (SSSR count). The minimum atomic E-state index is -2.82. The summed E-state index contributed by atoms with van der Waals surface area (Å²) in [7, 11) is 0. The van der Waals surface area contributed by atoms with E-state index in [1.54, 1.807) is 0 Å². The van der Waals surface area contributed by atoms with Crippen molar-refractivity contribution in [2.45, 2.75) is 6.43 Å². The van der Waals surface area contributed by atoms with E-state index in [9.17, 15) is 18.0 Å². The third-order valence-corrected chi connectivity index (χ3v) is 1.25. The Bertz CT molecular complexity index is 301. The number of hydrogen-bond donors (Lipinski definition) is 0. The first-order valence-electron chi connectivity index (χ1n) is 3.04. The first-order chi connectivity index (χ1) is 5.65. The summed E-state index contributed by atoms with van der Waals surface area (Å²) < 4.78 is 36.3. The summed E-state index contributed by atoms with van der Waals surface area (Å²) >= 11 is 0. The molecule has 0 aliphatic rings. The summed E-state index contributed by atoms with van der Waals surface area (Å²) in [6, 6.07) is 0.550. The number of aldehydes is 1. The zero-order valence-electron chi connectivity index (χ0n) is 5.80. The van der Waals surface area contributed by atoms with Crippen LogP contribution in [0.15, 0.2) is 12.3 Å². The Morgan fingerprint density at radius 3 is 2.58 bits per heavy atom. The number of carbonyl (C=O) groups is 1. The van der Waals surface area contributed by atoms with Gasteiger partial charge >= 0.3 is 0 Å². The molecule has 2 nitrogen and oxygen atoms in total. The molecule has 1 aromatic rings. The molecule has 0 unspecified atom stereocenters. The molecule has 0 aromatic carbocycles. The Hall–Kier alpha value is -1.39. The fraction of sp³-hybridized carbons (Fsp3) is 0.143. The van der Waals surface area contributed by atoms with E-state index in [-0.39, 0.29) is 11.8 Å². The number of aromatic nitrogens is 1. The van der Waals surface area contributed by atoms with Crippen molar-refractivity contribution in [3.8, 4) is 0 Å². The molecule has 5 heteroatoms. The van der Waals surface area contributed by atoms with Gasteiger partial charge in [-0.05, 0) is 0 Å². The van der Waals surface area contributed by atoms with Crippen molar-refractivity contribution in [1.29, 1.82) is 0 Å². The zero-order valence-corrected chi connectivity index (χ0v) is 5.80. The van der Waals surface area contributed by atoms with Crippen molar-refractivity contribution in [2.75, 3.05) is 0 Å². The maximum atomic E-state index is 12.6. The molecular weight excluding hydrogens is 171 g/mol. The molecule has 0 radical (unpaired) electrons. The molecule has 12 heavy (non-hydrogen) atoms. The van der Waals surface area contributed by atoms with Crippen LogP contribution >= 0.6 is 0 Å². The lowest BCUT2D eigenvalue weighted by molar-refractivity contribution is 0.111. The average molecular weight is 175 g/mol. The van der Waals surface area contributed by atoms with Gasteiger partial charge in [0.05, 0.1) is 5.56 Å². The molecular formula is C7H4F3NO. The number of halogens is 3. The number of carbonyl (C=O) groups excluding carboxylic acids is 1. The van der Waals surface area contributed by atoms with Gasteiger partial charge in [0.25, 0.3) is 6.43 Å². The highest BCUT2D eigenvalue weighted by Gasteiger charge is 2.11. The smallest absolute Gasteiger partial charge is 0.280 e. The van der Waals surface area contributed by atoms with Gasteiger partial charge in [0, 0.05) is 12.3 Å². The molecule has 0 bridgehead atoms. The lowest BCUT2D eigenvalue weighted by atomic mass is 10.2. The van der Waals surface area contributed by atoms with Crippen LogP contribution in [0.25, 0.3) is 0 Å². The van der Waals surface area contributed by atoms with Crippen molar-refractivity contribution in [1.82, 2.24) is 4.98 Å². The molecule has 0 saturated carbocycles. The van der Waals surface area contributed by atoms with Crippen molar-refractivity contribution >= 4 is 6.29 Å². The van der Waals surface area contributed by atoms with Crippen LogP contribution in [0.1, 0.15) is 22.5 Å². The lowest BCUT2D eigenvalue weighted by Crippen LogP contribution is -1.95. The standard InChI is InChI=1S/C7H4F3NO/c8-5-1-6(7(9)10)11-2-4(5)3-12/h1-3,7H. The van der Waals surface area contributed by atoms with Crippen LogP contribution in [0.2, 0.25) is 0 Å². The van der Waals surface area contributed by atoms with Gasteiger partial charge in [-0.3, -0.25) is 9.78 Å². The summed E-state index contributed by atoms with van der Waals surface area (Å²) in [4.78, 5) is 13.2. The maximum Gasteiger partial charge on any atom is 0.280 e. The number of nitrogens with zero attached hydrogens (tertiary/aromatic N) is 1. The predicted molar refractivity (Wildman–Crippen MR) is 34.5 cm³/mol. The molecule has 0 spiro atoms. The maximum absolute atomic E-state index is 12.6. The molecule has 0 amide bonds. The first kappa shape index (κ1) is 8.70. The molecule has 1 aromatic heterocycles. The van der Waals surface area contributed by atoms with Crippen LogP contribution in [0.5, 0.6) is 0 Å². The monoisotopic (exact) mass is 175 g/mol. The van der Waals surface area contributed by atoms with E-state index in [0.717, 1.165) is 6.20 Å². The van der Waals surface area contributed by atoms with Gasteiger partial charge < -0.3 is 0 Å². The second-order valence-corrected chi connectivity index (χ2v) is 2.05. The third kappa shape index (κ3) is 1.61. The Labute approximate surface area is 66.0 Å². The molecule has 64 valence electrons. The minimum Gasteiger partial charge on any atom is -0.298 e. The van der Waals surface area contributed by atoms with E-state index in [4.69, 9.17) is 0 Å². The Kier molecular flexibility index (Phi) is 2.42. The summed E-state index contributed by atoms with van der Waals surface area (Å²) in [6.45, 7) is 0. The molecule has 1 heterocycles. The summed E-state index contributed by atoms with van der Waals surface area (Å²) in [6.07, 6.45) is -1.82. The second kappa shape index (κ2) is 3.34. The van der Waals surface area contributed by atoms with Crippen LogP contribution in [0.3, 0.4) is 0 Å². The van der Waals surface area contributed by atoms with Gasteiger partial charge in [-0.15, -0.1) is 0 Å². The molecule has 0 aliphatic heterocycles. The van der Waals surface area contributed by atoms with Crippen molar-refractivity contribution in [3.05, 3.63) is 29.3 Å². The van der Waals surface area contributed by atoms with Gasteiger partial charge in [0.1, 0.15) is 11.5 Å². The summed E-state index contributed by atoms with van der Waals surface area (Å²) in [5.41, 5.74) is -0.988. The van der Waals surface area contributed by atoms with E-state index in [1.807, 2.05) is 0 Å². The lowest BCUT2D eigenvalue weighted by Gasteiger charge is -1.98. The number of rotatable bonds is 2. The van der Waals surface area contributed by atoms with Crippen LogP contribution in [-0.4, -0.2) is 11.3 Å². The molecule has 0 atom stereocenters. The predicted octanol–water partition coefficient (Wildman–Crippen LogP) is 1.97. The average Bonchev–Trinajstić information content (AvgIpc) is 2.04. The van der Waals surface area contributed by atoms with E-state index in [1.165, 1.54) is 0 Å². The fourth-order valence-electron chi connectivity index (χ4n) is 0.662. The van der Waals surface area contributed by atoms with Crippen LogP contribution in [-0.2, 0) is 0 Å². The topological polar surface area (TPSA) is 30.0 Å². The van der Waals surface area contributed by atoms with Gasteiger partial charge in [-0.2, -0.15) is 0 Å². The Balaban J connectivity index is 3.10. The number of pyridine rings is 1. The second-order valence-electron chi connectivity index (χ2n) is 2.05. The van der Waals surface area contributed by atoms with E-state index in [2.05, 4.69) is 4.98 Å². The highest BCUT2D eigenvalue weighted by molar-refractivity contribution is 5.74. The third-order valence-electron chi connectivity index (χ3n) is 1.25. The van der Waals surface area contributed by atoms with Crippen LogP contribution in [0.4, 0.5) is 13.2 Å². The van der Waals surface area contributed by atoms with Gasteiger partial charge in [-0.25, -0.2) is 13.2 Å². The van der Waals surface area contributed by atoms with Crippen LogP contribution < -0.4 is 0 Å². The highest BCUT2D eigenvalue weighted by Crippen LogP contribution is 2.17. The van der Waals surface area contributed by atoms with Gasteiger partial charge in [-0.1, -0.05) is 0 Å². The number of hydrogen-bond acceptors (Lipinski definition) is 2. The van der Waals surface area contributed by atoms with Crippen LogP contribution in [0, 0.1) is 5.82 Å².